The van der Waals surface area contributed by atoms with E-state index in [0.29, 0.717) is 64.1 Å². The molecule has 3 atom stereocenters. The molecule has 0 radical (unpaired) electrons. The molecule has 198 valence electrons. The van der Waals surface area contributed by atoms with Gasteiger partial charge in [-0.3, -0.25) is 9.59 Å². The lowest BCUT2D eigenvalue weighted by molar-refractivity contribution is -0.725. The van der Waals surface area contributed by atoms with Crippen LogP contribution in [0.1, 0.15) is 25.1 Å². The first-order valence-corrected chi connectivity index (χ1v) is 14.5. The van der Waals surface area contributed by atoms with Gasteiger partial charge in [0.25, 0.3) is 5.84 Å². The Morgan fingerprint density at radius 3 is 2.76 bits per heavy atom. The van der Waals surface area contributed by atoms with E-state index in [-0.39, 0.29) is 23.8 Å². The topological polar surface area (TPSA) is 78.7 Å². The number of para-hydroxylation sites is 2. The largest absolute Gasteiger partial charge is 0.378 e. The lowest BCUT2D eigenvalue weighted by atomic mass is 9.92. The van der Waals surface area contributed by atoms with Crippen LogP contribution in [0.2, 0.25) is 0 Å². The molecular formula is C28H39N5O3S+2. The lowest BCUT2D eigenvalue weighted by Crippen LogP contribution is -3.10. The maximum Gasteiger partial charge on any atom is 0.329 e. The van der Waals surface area contributed by atoms with Crippen LogP contribution in [0.3, 0.4) is 0 Å². The highest BCUT2D eigenvalue weighted by atomic mass is 32.1. The molecule has 5 rings (SSSR count). The Morgan fingerprint density at radius 1 is 1.19 bits per heavy atom. The van der Waals surface area contributed by atoms with Gasteiger partial charge >= 0.3 is 5.91 Å². The van der Waals surface area contributed by atoms with Crippen molar-refractivity contribution in [3.8, 4) is 0 Å². The molecule has 1 aromatic carbocycles. The summed E-state index contributed by atoms with van der Waals surface area (Å²) >= 11 is 1.24. The number of fused-ring (bicyclic) bond motifs is 1. The molecule has 4 heterocycles. The number of nitrogens with zero attached hydrogens (tertiary/aromatic N) is 3. The van der Waals surface area contributed by atoms with Crippen molar-refractivity contribution in [1.82, 2.24) is 15.1 Å². The normalized spacial score (nSPS) is 23.6. The zero-order valence-corrected chi connectivity index (χ0v) is 22.8. The van der Waals surface area contributed by atoms with Crippen molar-refractivity contribution in [2.75, 3.05) is 52.5 Å². The molecule has 3 aliphatic heterocycles. The highest BCUT2D eigenvalue weighted by Crippen LogP contribution is 2.27. The predicted molar refractivity (Wildman–Crippen MR) is 147 cm³/mol. The molecule has 1 aromatic heterocycles. The monoisotopic (exact) mass is 525 g/mol. The number of hydrogen-bond donors (Lipinski definition) is 2. The fraction of sp³-hybridized carbons (Fsp3) is 0.536. The minimum atomic E-state index is -0.133. The van der Waals surface area contributed by atoms with E-state index in [1.54, 1.807) is 0 Å². The minimum Gasteiger partial charge on any atom is -0.378 e. The third-order valence-corrected chi connectivity index (χ3v) is 8.48. The molecule has 2 fully saturated rings. The minimum absolute atomic E-state index is 0.0118. The Hall–Kier alpha value is -2.59. The van der Waals surface area contributed by atoms with Crippen LogP contribution in [0.25, 0.3) is 0 Å². The number of nitrogens with one attached hydrogen (secondary N) is 2. The average molecular weight is 526 g/mol. The molecule has 8 nitrogen and oxygen atoms in total. The van der Waals surface area contributed by atoms with Gasteiger partial charge in [-0.15, -0.1) is 0 Å². The highest BCUT2D eigenvalue weighted by Gasteiger charge is 2.42. The van der Waals surface area contributed by atoms with E-state index >= 15 is 0 Å². The molecule has 2 N–H and O–H groups in total. The Labute approximate surface area is 223 Å². The molecule has 0 aliphatic carbocycles. The fourth-order valence-corrected chi connectivity index (χ4v) is 6.40. The van der Waals surface area contributed by atoms with Gasteiger partial charge in [0, 0.05) is 44.8 Å². The Kier molecular flexibility index (Phi) is 8.34. The van der Waals surface area contributed by atoms with Gasteiger partial charge in [0.15, 0.2) is 10.6 Å². The van der Waals surface area contributed by atoms with Gasteiger partial charge in [0.05, 0.1) is 32.1 Å². The first-order valence-electron chi connectivity index (χ1n) is 13.5. The maximum atomic E-state index is 14.2. The average Bonchev–Trinajstić information content (AvgIpc) is 3.58. The van der Waals surface area contributed by atoms with Gasteiger partial charge < -0.3 is 19.9 Å². The third-order valence-electron chi connectivity index (χ3n) is 7.46. The molecule has 37 heavy (non-hydrogen) atoms. The van der Waals surface area contributed by atoms with Gasteiger partial charge in [-0.25, -0.2) is 4.90 Å². The van der Waals surface area contributed by atoms with E-state index in [4.69, 9.17) is 9.73 Å². The van der Waals surface area contributed by atoms with Crippen LogP contribution in [-0.4, -0.2) is 86.0 Å². The van der Waals surface area contributed by atoms with Crippen LogP contribution >= 0.6 is 11.3 Å². The molecule has 2 aromatic rings. The summed E-state index contributed by atoms with van der Waals surface area (Å²) < 4.78 is 5.43. The van der Waals surface area contributed by atoms with E-state index in [0.717, 1.165) is 29.2 Å². The summed E-state index contributed by atoms with van der Waals surface area (Å²) in [5.41, 5.74) is 1.95. The summed E-state index contributed by atoms with van der Waals surface area (Å²) in [4.78, 5) is 38.7. The van der Waals surface area contributed by atoms with Crippen molar-refractivity contribution in [3.63, 3.8) is 0 Å². The van der Waals surface area contributed by atoms with Gasteiger partial charge in [-0.05, 0) is 41.9 Å². The second kappa shape index (κ2) is 11.9. The Balaban J connectivity index is 1.35. The number of quaternary nitrogens is 1. The maximum absolute atomic E-state index is 14.2. The quantitative estimate of drug-likeness (QED) is 0.514. The fourth-order valence-electron chi connectivity index (χ4n) is 5.62. The Morgan fingerprint density at radius 2 is 2.00 bits per heavy atom. The van der Waals surface area contributed by atoms with Crippen molar-refractivity contribution in [2.24, 2.45) is 16.8 Å². The molecule has 3 aliphatic rings. The van der Waals surface area contributed by atoms with Gasteiger partial charge in [0.1, 0.15) is 11.1 Å². The molecule has 2 unspecified atom stereocenters. The number of amidine groups is 1. The summed E-state index contributed by atoms with van der Waals surface area (Å²) in [5.74, 6) is 0.911. The van der Waals surface area contributed by atoms with Crippen molar-refractivity contribution in [1.29, 1.82) is 0 Å². The predicted octanol–water partition coefficient (Wildman–Crippen LogP) is 1.60. The summed E-state index contributed by atoms with van der Waals surface area (Å²) in [6.45, 7) is 9.54. The van der Waals surface area contributed by atoms with Crippen molar-refractivity contribution < 1.29 is 19.2 Å². The third kappa shape index (κ3) is 5.95. The van der Waals surface area contributed by atoms with Crippen molar-refractivity contribution >= 4 is 40.4 Å². The van der Waals surface area contributed by atoms with Crippen LogP contribution in [0.4, 0.5) is 11.4 Å². The smallest absolute Gasteiger partial charge is 0.329 e. The number of piperidine rings is 1. The van der Waals surface area contributed by atoms with Crippen LogP contribution in [-0.2, 0) is 20.7 Å². The molecular weight excluding hydrogens is 486 g/mol. The second-order valence-electron chi connectivity index (χ2n) is 10.6. The Bertz CT molecular complexity index is 1110. The molecule has 9 heteroatoms. The number of amides is 2. The lowest BCUT2D eigenvalue weighted by Gasteiger charge is -2.40. The van der Waals surface area contributed by atoms with E-state index < -0.39 is 0 Å². The van der Waals surface area contributed by atoms with Crippen LogP contribution in [0.5, 0.6) is 0 Å². The number of carbonyl (C=O) groups is 2. The molecule has 0 spiro atoms. The van der Waals surface area contributed by atoms with Crippen LogP contribution in [0, 0.1) is 11.8 Å². The first-order chi connectivity index (χ1) is 18.0. The summed E-state index contributed by atoms with van der Waals surface area (Å²) in [7, 11) is 0. The number of ether oxygens (including phenoxy) is 1. The van der Waals surface area contributed by atoms with Gasteiger partial charge in [-0.1, -0.05) is 26.0 Å². The second-order valence-corrected chi connectivity index (χ2v) is 11.7. The zero-order chi connectivity index (χ0) is 25.8. The number of thiophene rings is 1. The first kappa shape index (κ1) is 26.0. The highest BCUT2D eigenvalue weighted by molar-refractivity contribution is 7.09. The van der Waals surface area contributed by atoms with E-state index in [1.165, 1.54) is 16.2 Å². The summed E-state index contributed by atoms with van der Waals surface area (Å²) in [6.07, 6.45) is 1.59. The number of hydrogen-bond acceptors (Lipinski definition) is 5. The van der Waals surface area contributed by atoms with Crippen LogP contribution in [0.15, 0.2) is 46.8 Å². The zero-order valence-electron chi connectivity index (χ0n) is 21.9. The van der Waals surface area contributed by atoms with Crippen molar-refractivity contribution in [2.45, 2.75) is 32.7 Å². The standard InChI is InChI=1S/C28H37N5O3S/c1-20(2)19-33(22-16-21(17-29-18-22)27(34)31-11-13-36-14-12-31)28(35)26-30-24-7-3-4-8-25(24)32(26)10-9-23-6-5-15-37-23/h3-8,15,20-22,29H,9-14,16-19H2,1-2H3/p+2/t21?,22-/m0/s1. The number of carbonyl (C=O) groups excluding carboxylic acids is 2. The van der Waals surface area contributed by atoms with E-state index in [1.807, 2.05) is 28.0 Å². The van der Waals surface area contributed by atoms with E-state index in [9.17, 15) is 9.59 Å². The molecule has 2 saturated heterocycles. The summed E-state index contributed by atoms with van der Waals surface area (Å²) in [6, 6.07) is 12.3. The number of benzene rings is 1. The van der Waals surface area contributed by atoms with Gasteiger partial charge in [0.2, 0.25) is 5.91 Å². The van der Waals surface area contributed by atoms with Crippen molar-refractivity contribution in [3.05, 3.63) is 46.7 Å². The van der Waals surface area contributed by atoms with Gasteiger partial charge in [-0.2, -0.15) is 4.99 Å². The number of aliphatic imine (C=N–C) groups is 1. The van der Waals surface area contributed by atoms with Crippen LogP contribution < -0.4 is 10.2 Å². The molecule has 0 bridgehead atoms. The SMILES string of the molecule is CC(C)CN(C(=O)C1=Nc2ccccc2[NH+]1CCc1ccc[sH+]1)[C@@H]1CNCC(C(=O)N2CCOCC2)C1. The summed E-state index contributed by atoms with van der Waals surface area (Å²) in [5, 5.41) is 5.61. The molecule has 2 amide bonds. The number of rotatable bonds is 8. The number of morpholine rings is 1. The van der Waals surface area contributed by atoms with E-state index in [2.05, 4.69) is 42.7 Å². The molecule has 0 saturated carbocycles.